The molecule has 2 rings (SSSR count). The van der Waals surface area contributed by atoms with Gasteiger partial charge in [-0.3, -0.25) is 9.78 Å². The van der Waals surface area contributed by atoms with Gasteiger partial charge in [-0.15, -0.1) is 0 Å². The molecule has 19 heavy (non-hydrogen) atoms. The van der Waals surface area contributed by atoms with Crippen LogP contribution in [0, 0.1) is 0 Å². The summed E-state index contributed by atoms with van der Waals surface area (Å²) in [7, 11) is 0. The maximum atomic E-state index is 12.0. The number of carbonyl (C=O) groups is 1. The fourth-order valence-corrected chi connectivity index (χ4v) is 1.76. The molecule has 5 nitrogen and oxygen atoms in total. The normalized spacial score (nSPS) is 10.2. The lowest BCUT2D eigenvalue weighted by atomic mass is 10.1. The van der Waals surface area contributed by atoms with Gasteiger partial charge < -0.3 is 16.8 Å². The topological polar surface area (TPSA) is 94.0 Å². The van der Waals surface area contributed by atoms with Gasteiger partial charge in [0.1, 0.15) is 0 Å². The van der Waals surface area contributed by atoms with Gasteiger partial charge in [0, 0.05) is 29.3 Å². The summed E-state index contributed by atoms with van der Waals surface area (Å²) in [6.07, 6.45) is 3.95. The summed E-state index contributed by atoms with van der Waals surface area (Å²) >= 11 is 0. The van der Waals surface area contributed by atoms with Gasteiger partial charge in [0.05, 0.1) is 0 Å². The van der Waals surface area contributed by atoms with Gasteiger partial charge in [-0.1, -0.05) is 6.07 Å². The van der Waals surface area contributed by atoms with Crippen molar-refractivity contribution in [3.05, 3.63) is 53.9 Å². The lowest BCUT2D eigenvalue weighted by Crippen LogP contribution is -2.13. The summed E-state index contributed by atoms with van der Waals surface area (Å²) in [5.41, 5.74) is 14.2. The molecule has 5 N–H and O–H groups in total. The number of pyridine rings is 1. The van der Waals surface area contributed by atoms with Crippen LogP contribution in [0.2, 0.25) is 0 Å². The molecule has 1 heterocycles. The minimum Gasteiger partial charge on any atom is -0.398 e. The van der Waals surface area contributed by atoms with Crippen LogP contribution >= 0.6 is 0 Å². The van der Waals surface area contributed by atoms with Crippen molar-refractivity contribution in [2.75, 3.05) is 17.6 Å². The Hall–Kier alpha value is -2.40. The summed E-state index contributed by atoms with van der Waals surface area (Å²) in [4.78, 5) is 15.9. The average molecular weight is 256 g/mol. The molecule has 1 aromatic heterocycles. The minimum absolute atomic E-state index is 0.197. The molecule has 0 aliphatic heterocycles. The highest BCUT2D eigenvalue weighted by atomic mass is 16.1. The van der Waals surface area contributed by atoms with Crippen molar-refractivity contribution in [1.29, 1.82) is 0 Å². The van der Waals surface area contributed by atoms with E-state index in [9.17, 15) is 4.79 Å². The molecule has 0 unspecified atom stereocenters. The van der Waals surface area contributed by atoms with Crippen molar-refractivity contribution in [2.24, 2.45) is 5.73 Å². The van der Waals surface area contributed by atoms with Crippen LogP contribution in [0.15, 0.2) is 42.7 Å². The second kappa shape index (κ2) is 5.97. The Kier molecular flexibility index (Phi) is 4.10. The van der Waals surface area contributed by atoms with E-state index in [1.807, 2.05) is 6.07 Å². The van der Waals surface area contributed by atoms with Crippen LogP contribution in [0.4, 0.5) is 11.4 Å². The molecular formula is C14H16N4O. The number of hydrogen-bond acceptors (Lipinski definition) is 4. The molecule has 0 saturated heterocycles. The number of nitrogens with zero attached hydrogens (tertiary/aromatic N) is 1. The van der Waals surface area contributed by atoms with Gasteiger partial charge >= 0.3 is 0 Å². The average Bonchev–Trinajstić information content (AvgIpc) is 2.42. The van der Waals surface area contributed by atoms with Crippen LogP contribution in [0.25, 0.3) is 0 Å². The van der Waals surface area contributed by atoms with E-state index in [0.29, 0.717) is 29.9 Å². The van der Waals surface area contributed by atoms with Gasteiger partial charge in [0.2, 0.25) is 0 Å². The Bertz CT molecular complexity index is 569. The lowest BCUT2D eigenvalue weighted by molar-refractivity contribution is 0.102. The van der Waals surface area contributed by atoms with Crippen LogP contribution in [0.3, 0.4) is 0 Å². The molecule has 0 aliphatic rings. The number of aromatic nitrogens is 1. The van der Waals surface area contributed by atoms with Crippen LogP contribution in [0.5, 0.6) is 0 Å². The largest absolute Gasteiger partial charge is 0.398 e. The van der Waals surface area contributed by atoms with E-state index in [-0.39, 0.29) is 5.91 Å². The number of rotatable bonds is 4. The first-order valence-electron chi connectivity index (χ1n) is 6.00. The summed E-state index contributed by atoms with van der Waals surface area (Å²) in [5, 5.41) is 2.78. The standard InChI is InChI=1S/C14H16N4O/c15-6-3-10-1-2-11(9-13(10)16)14(19)18-12-4-7-17-8-5-12/h1-2,4-5,7-9H,3,6,15-16H2,(H,17,18,19). The third-order valence-corrected chi connectivity index (χ3v) is 2.76. The Morgan fingerprint density at radius 3 is 2.58 bits per heavy atom. The summed E-state index contributed by atoms with van der Waals surface area (Å²) < 4.78 is 0. The van der Waals surface area contributed by atoms with E-state index in [2.05, 4.69) is 10.3 Å². The third-order valence-electron chi connectivity index (χ3n) is 2.76. The number of anilines is 2. The first kappa shape index (κ1) is 13.0. The Labute approximate surface area is 111 Å². The van der Waals surface area contributed by atoms with E-state index in [4.69, 9.17) is 11.5 Å². The monoisotopic (exact) mass is 256 g/mol. The highest BCUT2D eigenvalue weighted by Gasteiger charge is 2.08. The molecule has 0 fully saturated rings. The Balaban J connectivity index is 2.14. The summed E-state index contributed by atoms with van der Waals surface area (Å²) in [5.74, 6) is -0.197. The van der Waals surface area contributed by atoms with E-state index in [1.54, 1.807) is 36.7 Å². The molecule has 0 saturated carbocycles. The minimum atomic E-state index is -0.197. The second-order valence-corrected chi connectivity index (χ2v) is 4.14. The molecule has 1 amide bonds. The molecular weight excluding hydrogens is 240 g/mol. The summed E-state index contributed by atoms with van der Waals surface area (Å²) in [6, 6.07) is 8.71. The van der Waals surface area contributed by atoms with Crippen molar-refractivity contribution in [1.82, 2.24) is 4.98 Å². The number of carbonyl (C=O) groups excluding carboxylic acids is 1. The molecule has 98 valence electrons. The summed E-state index contributed by atoms with van der Waals surface area (Å²) in [6.45, 7) is 0.534. The van der Waals surface area contributed by atoms with Gasteiger partial charge in [0.25, 0.3) is 5.91 Å². The molecule has 2 aromatic rings. The maximum absolute atomic E-state index is 12.0. The van der Waals surface area contributed by atoms with Crippen LogP contribution in [0.1, 0.15) is 15.9 Å². The molecule has 0 atom stereocenters. The molecule has 0 bridgehead atoms. The van der Waals surface area contributed by atoms with Crippen LogP contribution in [-0.4, -0.2) is 17.4 Å². The van der Waals surface area contributed by atoms with E-state index >= 15 is 0 Å². The third kappa shape index (κ3) is 3.29. The van der Waals surface area contributed by atoms with E-state index < -0.39 is 0 Å². The first-order chi connectivity index (χ1) is 9.20. The van der Waals surface area contributed by atoms with E-state index in [1.165, 1.54) is 0 Å². The molecule has 0 spiro atoms. The van der Waals surface area contributed by atoms with Crippen molar-refractivity contribution >= 4 is 17.3 Å². The van der Waals surface area contributed by atoms with Crippen molar-refractivity contribution in [2.45, 2.75) is 6.42 Å². The number of nitrogens with two attached hydrogens (primary N) is 2. The van der Waals surface area contributed by atoms with Crippen LogP contribution in [-0.2, 0) is 6.42 Å². The number of nitrogens with one attached hydrogen (secondary N) is 1. The lowest BCUT2D eigenvalue weighted by Gasteiger charge is -2.08. The molecule has 5 heteroatoms. The zero-order valence-electron chi connectivity index (χ0n) is 10.5. The van der Waals surface area contributed by atoms with Crippen molar-refractivity contribution in [3.8, 4) is 0 Å². The second-order valence-electron chi connectivity index (χ2n) is 4.14. The van der Waals surface area contributed by atoms with Crippen molar-refractivity contribution < 1.29 is 4.79 Å². The molecule has 0 radical (unpaired) electrons. The quantitative estimate of drug-likeness (QED) is 0.721. The Morgan fingerprint density at radius 2 is 1.95 bits per heavy atom. The zero-order chi connectivity index (χ0) is 13.7. The highest BCUT2D eigenvalue weighted by molar-refractivity contribution is 6.04. The van der Waals surface area contributed by atoms with E-state index in [0.717, 1.165) is 5.56 Å². The SMILES string of the molecule is NCCc1ccc(C(=O)Nc2ccncc2)cc1N. The predicted octanol–water partition coefficient (Wildman–Crippen LogP) is 1.42. The fourth-order valence-electron chi connectivity index (χ4n) is 1.76. The van der Waals surface area contributed by atoms with Gasteiger partial charge in [-0.25, -0.2) is 0 Å². The predicted molar refractivity (Wildman–Crippen MR) is 75.8 cm³/mol. The highest BCUT2D eigenvalue weighted by Crippen LogP contribution is 2.16. The number of nitrogen functional groups attached to an aromatic ring is 1. The number of hydrogen-bond donors (Lipinski definition) is 3. The van der Waals surface area contributed by atoms with Crippen LogP contribution < -0.4 is 16.8 Å². The smallest absolute Gasteiger partial charge is 0.255 e. The van der Waals surface area contributed by atoms with Gasteiger partial charge in [-0.2, -0.15) is 0 Å². The van der Waals surface area contributed by atoms with Crippen molar-refractivity contribution in [3.63, 3.8) is 0 Å². The van der Waals surface area contributed by atoms with Gasteiger partial charge in [0.15, 0.2) is 0 Å². The van der Waals surface area contributed by atoms with Gasteiger partial charge in [-0.05, 0) is 42.8 Å². The molecule has 0 aliphatic carbocycles. The molecule has 1 aromatic carbocycles. The Morgan fingerprint density at radius 1 is 1.21 bits per heavy atom. The zero-order valence-corrected chi connectivity index (χ0v) is 10.5. The first-order valence-corrected chi connectivity index (χ1v) is 6.00. The fraction of sp³-hybridized carbons (Fsp3) is 0.143. The number of benzene rings is 1. The number of amides is 1. The maximum Gasteiger partial charge on any atom is 0.255 e.